The number of likely N-dealkylation sites (tertiary alicyclic amines) is 1. The quantitative estimate of drug-likeness (QED) is 0.840. The van der Waals surface area contributed by atoms with E-state index in [1.165, 1.54) is 11.0 Å². The number of rotatable bonds is 2. The highest BCUT2D eigenvalue weighted by Gasteiger charge is 2.39. The first kappa shape index (κ1) is 12.9. The van der Waals surface area contributed by atoms with E-state index in [1.807, 2.05) is 0 Å². The van der Waals surface area contributed by atoms with Crippen LogP contribution < -0.4 is 0 Å². The number of β-amino-alcohol motifs (C(OH)–C–C–N with tert-alkyl or cyclic N) is 1. The highest BCUT2D eigenvalue weighted by atomic mass is 35.5. The Bertz CT molecular complexity index is 491. The van der Waals surface area contributed by atoms with Crippen LogP contribution in [-0.2, 0) is 4.79 Å². The lowest BCUT2D eigenvalue weighted by Crippen LogP contribution is -2.40. The lowest BCUT2D eigenvalue weighted by molar-refractivity contribution is -0.141. The summed E-state index contributed by atoms with van der Waals surface area (Å²) in [4.78, 5) is 24.3. The van der Waals surface area contributed by atoms with Crippen LogP contribution in [0.15, 0.2) is 24.3 Å². The zero-order chi connectivity index (χ0) is 13.3. The molecular weight excluding hydrogens is 258 g/mol. The second-order valence-corrected chi connectivity index (χ2v) is 4.65. The predicted molar refractivity (Wildman–Crippen MR) is 64.5 cm³/mol. The molecule has 0 aliphatic carbocycles. The van der Waals surface area contributed by atoms with Crippen LogP contribution in [0, 0.1) is 0 Å². The van der Waals surface area contributed by atoms with E-state index in [1.54, 1.807) is 18.2 Å². The molecule has 0 saturated carbocycles. The fourth-order valence-electron chi connectivity index (χ4n) is 2.06. The third-order valence-electron chi connectivity index (χ3n) is 2.90. The Hall–Kier alpha value is -1.59. The molecule has 1 aliphatic rings. The molecular formula is C12H12ClNO4. The van der Waals surface area contributed by atoms with Crippen molar-refractivity contribution in [3.63, 3.8) is 0 Å². The number of aliphatic hydroxyl groups is 1. The molecule has 0 spiro atoms. The molecule has 2 atom stereocenters. The standard InChI is InChI=1S/C12H12ClNO4/c13-8-3-1-2-7(4-8)11(16)14-6-9(15)5-10(14)12(17)18/h1-4,9-10,15H,5-6H2,(H,17,18)/t9-,10+/m1/s1. The predicted octanol–water partition coefficient (Wildman–Crippen LogP) is 1.000. The minimum absolute atomic E-state index is 0.0301. The van der Waals surface area contributed by atoms with Crippen LogP contribution in [0.25, 0.3) is 0 Å². The maximum absolute atomic E-state index is 12.2. The number of aliphatic hydroxyl groups excluding tert-OH is 1. The van der Waals surface area contributed by atoms with Crippen LogP contribution in [0.2, 0.25) is 5.02 Å². The van der Waals surface area contributed by atoms with Crippen LogP contribution >= 0.6 is 11.6 Å². The largest absolute Gasteiger partial charge is 0.480 e. The molecule has 0 aromatic heterocycles. The summed E-state index contributed by atoms with van der Waals surface area (Å²) in [7, 11) is 0. The molecule has 18 heavy (non-hydrogen) atoms. The molecule has 5 nitrogen and oxygen atoms in total. The van der Waals surface area contributed by atoms with Crippen LogP contribution in [0.4, 0.5) is 0 Å². The van der Waals surface area contributed by atoms with E-state index in [0.717, 1.165) is 0 Å². The zero-order valence-electron chi connectivity index (χ0n) is 9.41. The third-order valence-corrected chi connectivity index (χ3v) is 3.13. The van der Waals surface area contributed by atoms with Gasteiger partial charge in [-0.3, -0.25) is 4.79 Å². The normalized spacial score (nSPS) is 23.1. The van der Waals surface area contributed by atoms with Gasteiger partial charge in [0.1, 0.15) is 6.04 Å². The van der Waals surface area contributed by atoms with E-state index in [0.29, 0.717) is 10.6 Å². The van der Waals surface area contributed by atoms with Gasteiger partial charge in [0, 0.05) is 23.6 Å². The highest BCUT2D eigenvalue weighted by Crippen LogP contribution is 2.22. The number of carbonyl (C=O) groups excluding carboxylic acids is 1. The number of hydrogen-bond donors (Lipinski definition) is 2. The second-order valence-electron chi connectivity index (χ2n) is 4.21. The molecule has 6 heteroatoms. The Labute approximate surface area is 109 Å². The van der Waals surface area contributed by atoms with E-state index < -0.39 is 24.0 Å². The Balaban J connectivity index is 2.25. The first-order valence-electron chi connectivity index (χ1n) is 5.46. The maximum atomic E-state index is 12.2. The Kier molecular flexibility index (Phi) is 3.54. The van der Waals surface area contributed by atoms with Gasteiger partial charge in [-0.15, -0.1) is 0 Å². The van der Waals surface area contributed by atoms with Gasteiger partial charge < -0.3 is 15.1 Å². The summed E-state index contributed by atoms with van der Waals surface area (Å²) in [6.07, 6.45) is -0.740. The Morgan fingerprint density at radius 3 is 2.72 bits per heavy atom. The molecule has 0 bridgehead atoms. The number of hydrogen-bond acceptors (Lipinski definition) is 3. The summed E-state index contributed by atoms with van der Waals surface area (Å²) in [5, 5.41) is 18.9. The minimum Gasteiger partial charge on any atom is -0.480 e. The van der Waals surface area contributed by atoms with Gasteiger partial charge in [0.25, 0.3) is 5.91 Å². The Morgan fingerprint density at radius 2 is 2.11 bits per heavy atom. The average Bonchev–Trinajstić information content (AvgIpc) is 2.70. The van der Waals surface area contributed by atoms with E-state index in [2.05, 4.69) is 0 Å². The molecule has 1 aromatic carbocycles. The van der Waals surface area contributed by atoms with Gasteiger partial charge >= 0.3 is 5.97 Å². The van der Waals surface area contributed by atoms with Crippen molar-refractivity contribution in [1.82, 2.24) is 4.90 Å². The number of benzene rings is 1. The summed E-state index contributed by atoms with van der Waals surface area (Å²) >= 11 is 5.79. The van der Waals surface area contributed by atoms with Crippen molar-refractivity contribution in [2.24, 2.45) is 0 Å². The van der Waals surface area contributed by atoms with Crippen molar-refractivity contribution in [2.45, 2.75) is 18.6 Å². The highest BCUT2D eigenvalue weighted by molar-refractivity contribution is 6.31. The number of aliphatic carboxylic acids is 1. The smallest absolute Gasteiger partial charge is 0.326 e. The van der Waals surface area contributed by atoms with Crippen molar-refractivity contribution in [3.05, 3.63) is 34.9 Å². The summed E-state index contributed by atoms with van der Waals surface area (Å²) < 4.78 is 0. The van der Waals surface area contributed by atoms with Crippen molar-refractivity contribution < 1.29 is 19.8 Å². The Morgan fingerprint density at radius 1 is 1.39 bits per heavy atom. The number of carbonyl (C=O) groups is 2. The molecule has 1 saturated heterocycles. The van der Waals surface area contributed by atoms with Crippen molar-refractivity contribution in [1.29, 1.82) is 0 Å². The summed E-state index contributed by atoms with van der Waals surface area (Å²) in [6.45, 7) is 0.0301. The fourth-order valence-corrected chi connectivity index (χ4v) is 2.25. The maximum Gasteiger partial charge on any atom is 0.326 e. The van der Waals surface area contributed by atoms with E-state index >= 15 is 0 Å². The topological polar surface area (TPSA) is 77.8 Å². The van der Waals surface area contributed by atoms with Gasteiger partial charge in [-0.1, -0.05) is 17.7 Å². The van der Waals surface area contributed by atoms with E-state index in [4.69, 9.17) is 16.7 Å². The summed E-state index contributed by atoms with van der Waals surface area (Å²) in [5.74, 6) is -1.54. The molecule has 96 valence electrons. The average molecular weight is 270 g/mol. The van der Waals surface area contributed by atoms with Crippen LogP contribution in [0.5, 0.6) is 0 Å². The molecule has 2 rings (SSSR count). The van der Waals surface area contributed by atoms with Crippen LogP contribution in [0.3, 0.4) is 0 Å². The number of amides is 1. The lowest BCUT2D eigenvalue weighted by atomic mass is 10.1. The van der Waals surface area contributed by atoms with Gasteiger partial charge in [0.2, 0.25) is 0 Å². The molecule has 1 aromatic rings. The third kappa shape index (κ3) is 2.47. The molecule has 0 unspecified atom stereocenters. The molecule has 0 radical (unpaired) electrons. The summed E-state index contributed by atoms with van der Waals surface area (Å²) in [5.41, 5.74) is 0.322. The number of carboxylic acids is 1. The van der Waals surface area contributed by atoms with Crippen molar-refractivity contribution in [3.8, 4) is 0 Å². The lowest BCUT2D eigenvalue weighted by Gasteiger charge is -2.21. The van der Waals surface area contributed by atoms with Crippen LogP contribution in [-0.4, -0.2) is 45.7 Å². The molecule has 1 aliphatic heterocycles. The molecule has 2 N–H and O–H groups in total. The van der Waals surface area contributed by atoms with Gasteiger partial charge in [-0.25, -0.2) is 4.79 Å². The van der Waals surface area contributed by atoms with Gasteiger partial charge in [0.05, 0.1) is 6.10 Å². The van der Waals surface area contributed by atoms with Crippen LogP contribution in [0.1, 0.15) is 16.8 Å². The number of halogens is 1. The van der Waals surface area contributed by atoms with Crippen molar-refractivity contribution in [2.75, 3.05) is 6.54 Å². The first-order valence-corrected chi connectivity index (χ1v) is 5.84. The first-order chi connectivity index (χ1) is 8.49. The molecule has 1 fully saturated rings. The van der Waals surface area contributed by atoms with Gasteiger partial charge in [-0.2, -0.15) is 0 Å². The SMILES string of the molecule is O=C(O)[C@@H]1C[C@@H](O)CN1C(=O)c1cccc(Cl)c1. The minimum atomic E-state index is -1.11. The molecule has 1 heterocycles. The summed E-state index contributed by atoms with van der Waals surface area (Å²) in [6, 6.07) is 5.32. The van der Waals surface area contributed by atoms with E-state index in [-0.39, 0.29) is 13.0 Å². The van der Waals surface area contributed by atoms with Gasteiger partial charge in [-0.05, 0) is 18.2 Å². The van der Waals surface area contributed by atoms with Crippen molar-refractivity contribution >= 4 is 23.5 Å². The zero-order valence-corrected chi connectivity index (χ0v) is 10.2. The molecule has 1 amide bonds. The number of nitrogens with zero attached hydrogens (tertiary/aromatic N) is 1. The number of carboxylic acid groups (broad SMARTS) is 1. The second kappa shape index (κ2) is 4.96. The monoisotopic (exact) mass is 269 g/mol. The van der Waals surface area contributed by atoms with E-state index in [9.17, 15) is 14.7 Å². The fraction of sp³-hybridized carbons (Fsp3) is 0.333. The van der Waals surface area contributed by atoms with Gasteiger partial charge in [0.15, 0.2) is 0 Å².